The van der Waals surface area contributed by atoms with Crippen LogP contribution in [0.1, 0.15) is 31.3 Å². The van der Waals surface area contributed by atoms with Crippen molar-refractivity contribution in [1.29, 1.82) is 0 Å². The van der Waals surface area contributed by atoms with Crippen molar-refractivity contribution in [3.63, 3.8) is 0 Å². The molecule has 82 valence electrons. The predicted octanol–water partition coefficient (Wildman–Crippen LogP) is 1.44. The summed E-state index contributed by atoms with van der Waals surface area (Å²) in [5.74, 6) is -0.483. The Balaban J connectivity index is 2.82. The van der Waals surface area contributed by atoms with E-state index in [9.17, 15) is 4.79 Å². The fraction of sp³-hybridized carbons (Fsp3) is 0.500. The van der Waals surface area contributed by atoms with E-state index < -0.39 is 11.6 Å². The molecule has 0 aromatic carbocycles. The van der Waals surface area contributed by atoms with E-state index in [1.54, 1.807) is 20.8 Å². The second-order valence-electron chi connectivity index (χ2n) is 3.93. The van der Waals surface area contributed by atoms with Crippen molar-refractivity contribution in [2.45, 2.75) is 26.4 Å². The van der Waals surface area contributed by atoms with Gasteiger partial charge in [0.15, 0.2) is 5.69 Å². The summed E-state index contributed by atoms with van der Waals surface area (Å²) in [4.78, 5) is 19.2. The van der Waals surface area contributed by atoms with Gasteiger partial charge >= 0.3 is 12.0 Å². The van der Waals surface area contributed by atoms with Crippen LogP contribution < -0.4 is 4.74 Å². The third-order valence-electron chi connectivity index (χ3n) is 1.42. The zero-order valence-corrected chi connectivity index (χ0v) is 9.27. The largest absolute Gasteiger partial charge is 0.467 e. The van der Waals surface area contributed by atoms with E-state index in [4.69, 9.17) is 9.47 Å². The summed E-state index contributed by atoms with van der Waals surface area (Å²) in [6.45, 7) is 5.38. The highest BCUT2D eigenvalue weighted by molar-refractivity contribution is 5.87. The first-order valence-corrected chi connectivity index (χ1v) is 4.53. The van der Waals surface area contributed by atoms with Gasteiger partial charge in [0.25, 0.3) is 0 Å². The third-order valence-corrected chi connectivity index (χ3v) is 1.42. The molecule has 0 spiro atoms. The summed E-state index contributed by atoms with van der Waals surface area (Å²) < 4.78 is 9.94. The molecule has 5 heteroatoms. The second kappa shape index (κ2) is 4.25. The Morgan fingerprint density at radius 3 is 2.60 bits per heavy atom. The van der Waals surface area contributed by atoms with Gasteiger partial charge in [0, 0.05) is 6.20 Å². The molecular formula is C10H14N2O3. The van der Waals surface area contributed by atoms with Gasteiger partial charge in [-0.15, -0.1) is 0 Å². The lowest BCUT2D eigenvalue weighted by Crippen LogP contribution is -2.24. The van der Waals surface area contributed by atoms with E-state index in [0.717, 1.165) is 0 Å². The molecule has 15 heavy (non-hydrogen) atoms. The zero-order chi connectivity index (χ0) is 11.5. The molecule has 0 aliphatic heterocycles. The molecule has 0 aliphatic carbocycles. The highest BCUT2D eigenvalue weighted by atomic mass is 16.6. The molecule has 1 heterocycles. The van der Waals surface area contributed by atoms with E-state index in [-0.39, 0.29) is 11.7 Å². The van der Waals surface area contributed by atoms with Crippen LogP contribution in [0.25, 0.3) is 0 Å². The molecule has 0 N–H and O–H groups in total. The van der Waals surface area contributed by atoms with Crippen molar-refractivity contribution in [2.75, 3.05) is 7.11 Å². The molecule has 1 aromatic heterocycles. The van der Waals surface area contributed by atoms with E-state index in [2.05, 4.69) is 9.97 Å². The number of methoxy groups -OCH3 is 1. The van der Waals surface area contributed by atoms with Gasteiger partial charge in [0.2, 0.25) is 0 Å². The van der Waals surface area contributed by atoms with Crippen LogP contribution in [0.2, 0.25) is 0 Å². The van der Waals surface area contributed by atoms with Crippen molar-refractivity contribution in [1.82, 2.24) is 9.97 Å². The van der Waals surface area contributed by atoms with Crippen molar-refractivity contribution < 1.29 is 14.3 Å². The minimum absolute atomic E-state index is 0.151. The van der Waals surface area contributed by atoms with Crippen molar-refractivity contribution in [3.8, 4) is 6.01 Å². The molecule has 0 radical (unpaired) electrons. The van der Waals surface area contributed by atoms with Gasteiger partial charge in [-0.3, -0.25) is 0 Å². The molecule has 0 fully saturated rings. The Hall–Kier alpha value is -1.65. The predicted molar refractivity (Wildman–Crippen MR) is 53.8 cm³/mol. The van der Waals surface area contributed by atoms with Gasteiger partial charge in [-0.05, 0) is 26.8 Å². The van der Waals surface area contributed by atoms with Crippen LogP contribution in [-0.2, 0) is 4.74 Å². The number of carbonyl (C=O) groups excluding carboxylic acids is 1. The molecule has 1 aromatic rings. The van der Waals surface area contributed by atoms with Gasteiger partial charge in [-0.2, -0.15) is 4.98 Å². The smallest absolute Gasteiger partial charge is 0.357 e. The van der Waals surface area contributed by atoms with E-state index in [0.29, 0.717) is 0 Å². The minimum Gasteiger partial charge on any atom is -0.467 e. The van der Waals surface area contributed by atoms with Crippen LogP contribution in [0.15, 0.2) is 12.3 Å². The monoisotopic (exact) mass is 210 g/mol. The summed E-state index contributed by atoms with van der Waals surface area (Å²) in [6.07, 6.45) is 1.45. The molecule has 0 atom stereocenters. The fourth-order valence-electron chi connectivity index (χ4n) is 0.883. The van der Waals surface area contributed by atoms with Gasteiger partial charge in [-0.25, -0.2) is 9.78 Å². The first-order valence-electron chi connectivity index (χ1n) is 4.53. The Labute approximate surface area is 88.4 Å². The summed E-state index contributed by atoms with van der Waals surface area (Å²) in [5.41, 5.74) is -0.341. The van der Waals surface area contributed by atoms with Gasteiger partial charge in [-0.1, -0.05) is 0 Å². The number of esters is 1. The zero-order valence-electron chi connectivity index (χ0n) is 9.27. The standard InChI is InChI=1S/C10H14N2O3/c1-10(2,3)15-8(13)7-5-6-11-9(12-7)14-4/h5-6H,1-4H3. The third kappa shape index (κ3) is 3.53. The van der Waals surface area contributed by atoms with E-state index >= 15 is 0 Å². The molecule has 0 bridgehead atoms. The first kappa shape index (κ1) is 11.4. The quantitative estimate of drug-likeness (QED) is 0.691. The molecule has 0 saturated carbocycles. The second-order valence-corrected chi connectivity index (χ2v) is 3.93. The van der Waals surface area contributed by atoms with Gasteiger partial charge < -0.3 is 9.47 Å². The van der Waals surface area contributed by atoms with Gasteiger partial charge in [0.05, 0.1) is 7.11 Å². The number of ether oxygens (including phenoxy) is 2. The molecule has 0 unspecified atom stereocenters. The summed E-state index contributed by atoms with van der Waals surface area (Å²) in [7, 11) is 1.44. The van der Waals surface area contributed by atoms with Crippen molar-refractivity contribution in [3.05, 3.63) is 18.0 Å². The highest BCUT2D eigenvalue weighted by Crippen LogP contribution is 2.11. The number of hydrogen-bond acceptors (Lipinski definition) is 5. The highest BCUT2D eigenvalue weighted by Gasteiger charge is 2.19. The summed E-state index contributed by atoms with van der Waals surface area (Å²) in [5, 5.41) is 0. The van der Waals surface area contributed by atoms with Crippen LogP contribution in [-0.4, -0.2) is 28.6 Å². The maximum Gasteiger partial charge on any atom is 0.357 e. The van der Waals surface area contributed by atoms with Crippen molar-refractivity contribution >= 4 is 5.97 Å². The number of hydrogen-bond donors (Lipinski definition) is 0. The number of nitrogens with zero attached hydrogens (tertiary/aromatic N) is 2. The van der Waals surface area contributed by atoms with E-state index in [1.165, 1.54) is 19.4 Å². The van der Waals surface area contributed by atoms with Gasteiger partial charge in [0.1, 0.15) is 5.60 Å². The molecule has 0 amide bonds. The summed E-state index contributed by atoms with van der Waals surface area (Å²) >= 11 is 0. The average molecular weight is 210 g/mol. The fourth-order valence-corrected chi connectivity index (χ4v) is 0.883. The number of rotatable bonds is 2. The minimum atomic E-state index is -0.532. The summed E-state index contributed by atoms with van der Waals surface area (Å²) in [6, 6.07) is 1.63. The lowest BCUT2D eigenvalue weighted by molar-refractivity contribution is 0.00616. The van der Waals surface area contributed by atoms with Crippen LogP contribution in [0.3, 0.4) is 0 Å². The maximum atomic E-state index is 11.6. The molecule has 0 saturated heterocycles. The maximum absolute atomic E-state index is 11.6. The Morgan fingerprint density at radius 1 is 1.40 bits per heavy atom. The van der Waals surface area contributed by atoms with Crippen LogP contribution in [0.5, 0.6) is 6.01 Å². The SMILES string of the molecule is COc1nccc(C(=O)OC(C)(C)C)n1. The topological polar surface area (TPSA) is 61.3 Å². The lowest BCUT2D eigenvalue weighted by atomic mass is 10.2. The average Bonchev–Trinajstić information content (AvgIpc) is 2.15. The molecule has 5 nitrogen and oxygen atoms in total. The van der Waals surface area contributed by atoms with Crippen LogP contribution in [0, 0.1) is 0 Å². The molecule has 0 aliphatic rings. The Morgan fingerprint density at radius 2 is 2.07 bits per heavy atom. The lowest BCUT2D eigenvalue weighted by Gasteiger charge is -2.18. The normalized spacial score (nSPS) is 10.9. The number of carbonyl (C=O) groups is 1. The first-order chi connectivity index (χ1) is 6.92. The van der Waals surface area contributed by atoms with E-state index in [1.807, 2.05) is 0 Å². The number of aromatic nitrogens is 2. The van der Waals surface area contributed by atoms with Crippen LogP contribution >= 0.6 is 0 Å². The van der Waals surface area contributed by atoms with Crippen LogP contribution in [0.4, 0.5) is 0 Å². The molecule has 1 rings (SSSR count). The van der Waals surface area contributed by atoms with Crippen molar-refractivity contribution in [2.24, 2.45) is 0 Å². The Kier molecular flexibility index (Phi) is 3.24. The molecular weight excluding hydrogens is 196 g/mol. The Bertz CT molecular complexity index is 358.